The van der Waals surface area contributed by atoms with Gasteiger partial charge < -0.3 is 10.2 Å². The van der Waals surface area contributed by atoms with Crippen LogP contribution in [-0.4, -0.2) is 37.5 Å². The number of rotatable bonds is 1. The molecular formula is C15H19FN2O. The Morgan fingerprint density at radius 1 is 1.26 bits per heavy atom. The third-order valence-electron chi connectivity index (χ3n) is 4.66. The van der Waals surface area contributed by atoms with Gasteiger partial charge in [0.2, 0.25) is 5.91 Å². The molecule has 2 heterocycles. The predicted octanol–water partition coefficient (Wildman–Crippen LogP) is 1.75. The normalized spacial score (nSPS) is 26.1. The van der Waals surface area contributed by atoms with Gasteiger partial charge >= 0.3 is 0 Å². The van der Waals surface area contributed by atoms with Gasteiger partial charge in [-0.1, -0.05) is 12.1 Å². The monoisotopic (exact) mass is 262 g/mol. The highest BCUT2D eigenvalue weighted by Gasteiger charge is 2.53. The van der Waals surface area contributed by atoms with E-state index in [0.717, 1.165) is 38.0 Å². The fourth-order valence-electron chi connectivity index (χ4n) is 3.62. The molecule has 3 nitrogen and oxygen atoms in total. The zero-order chi connectivity index (χ0) is 13.5. The number of likely N-dealkylation sites (tertiary alicyclic amines) is 1. The number of amides is 1. The van der Waals surface area contributed by atoms with E-state index in [1.54, 1.807) is 0 Å². The van der Waals surface area contributed by atoms with Crippen molar-refractivity contribution < 1.29 is 9.18 Å². The lowest BCUT2D eigenvalue weighted by atomic mass is 9.68. The Kier molecular flexibility index (Phi) is 3.05. The van der Waals surface area contributed by atoms with E-state index >= 15 is 0 Å². The molecule has 0 aromatic heterocycles. The average Bonchev–Trinajstić information content (AvgIpc) is 2.66. The maximum atomic E-state index is 13.1. The zero-order valence-electron chi connectivity index (χ0n) is 11.2. The summed E-state index contributed by atoms with van der Waals surface area (Å²) in [6.45, 7) is 2.51. The van der Waals surface area contributed by atoms with Crippen molar-refractivity contribution in [3.05, 3.63) is 35.6 Å². The van der Waals surface area contributed by atoms with Crippen LogP contribution in [0, 0.1) is 11.2 Å². The van der Waals surface area contributed by atoms with Crippen LogP contribution in [-0.2, 0) is 4.79 Å². The summed E-state index contributed by atoms with van der Waals surface area (Å²) in [7, 11) is 1.87. The number of halogens is 1. The third-order valence-corrected chi connectivity index (χ3v) is 4.66. The van der Waals surface area contributed by atoms with E-state index in [2.05, 4.69) is 5.32 Å². The lowest BCUT2D eigenvalue weighted by Gasteiger charge is -2.36. The van der Waals surface area contributed by atoms with Gasteiger partial charge in [-0.2, -0.15) is 0 Å². The highest BCUT2D eigenvalue weighted by atomic mass is 19.1. The van der Waals surface area contributed by atoms with Gasteiger partial charge in [-0.05, 0) is 43.6 Å². The molecule has 1 spiro atoms. The van der Waals surface area contributed by atoms with Crippen LogP contribution in [0.5, 0.6) is 0 Å². The number of likely N-dealkylation sites (N-methyl/N-ethyl adjacent to an activating group) is 1. The smallest absolute Gasteiger partial charge is 0.229 e. The van der Waals surface area contributed by atoms with Crippen molar-refractivity contribution in [1.82, 2.24) is 10.2 Å². The van der Waals surface area contributed by atoms with Crippen LogP contribution in [0.1, 0.15) is 24.3 Å². The first-order valence-corrected chi connectivity index (χ1v) is 6.85. The molecule has 0 bridgehead atoms. The summed E-state index contributed by atoms with van der Waals surface area (Å²) in [5.41, 5.74) is 0.804. The molecule has 3 rings (SSSR count). The second-order valence-electron chi connectivity index (χ2n) is 5.70. The second kappa shape index (κ2) is 4.60. The van der Waals surface area contributed by atoms with Gasteiger partial charge in [0.15, 0.2) is 0 Å². The number of carbonyl (C=O) groups excluding carboxylic acids is 1. The minimum absolute atomic E-state index is 0.188. The van der Waals surface area contributed by atoms with Gasteiger partial charge in [-0.25, -0.2) is 4.39 Å². The van der Waals surface area contributed by atoms with E-state index in [-0.39, 0.29) is 23.1 Å². The van der Waals surface area contributed by atoms with Crippen molar-refractivity contribution in [1.29, 1.82) is 0 Å². The zero-order valence-corrected chi connectivity index (χ0v) is 11.2. The SMILES string of the molecule is CN1CC(c2ccc(F)cc2)C2(CCNCC2)C1=O. The van der Waals surface area contributed by atoms with Gasteiger partial charge in [0, 0.05) is 19.5 Å². The molecule has 4 heteroatoms. The number of nitrogens with zero attached hydrogens (tertiary/aromatic N) is 1. The largest absolute Gasteiger partial charge is 0.345 e. The minimum atomic E-state index is -0.280. The third kappa shape index (κ3) is 1.94. The predicted molar refractivity (Wildman–Crippen MR) is 71.3 cm³/mol. The summed E-state index contributed by atoms with van der Waals surface area (Å²) >= 11 is 0. The van der Waals surface area contributed by atoms with Crippen molar-refractivity contribution in [3.8, 4) is 0 Å². The molecule has 0 aliphatic carbocycles. The summed E-state index contributed by atoms with van der Waals surface area (Å²) in [6.07, 6.45) is 1.75. The molecule has 1 aromatic carbocycles. The van der Waals surface area contributed by atoms with Crippen LogP contribution in [0.4, 0.5) is 4.39 Å². The number of hydrogen-bond acceptors (Lipinski definition) is 2. The van der Waals surface area contributed by atoms with Crippen molar-refractivity contribution >= 4 is 5.91 Å². The number of nitrogens with one attached hydrogen (secondary N) is 1. The highest BCUT2D eigenvalue weighted by Crippen LogP contribution is 2.49. The fourth-order valence-corrected chi connectivity index (χ4v) is 3.62. The quantitative estimate of drug-likeness (QED) is 0.836. The number of piperidine rings is 1. The van der Waals surface area contributed by atoms with Gasteiger partial charge in [0.1, 0.15) is 5.82 Å². The van der Waals surface area contributed by atoms with Crippen molar-refractivity contribution in [3.63, 3.8) is 0 Å². The van der Waals surface area contributed by atoms with Crippen molar-refractivity contribution in [2.24, 2.45) is 5.41 Å². The molecule has 1 aromatic rings. The molecule has 1 atom stereocenters. The molecule has 1 amide bonds. The van der Waals surface area contributed by atoms with E-state index in [4.69, 9.17) is 0 Å². The van der Waals surface area contributed by atoms with E-state index in [1.165, 1.54) is 12.1 Å². The van der Waals surface area contributed by atoms with Crippen LogP contribution in [0.25, 0.3) is 0 Å². The first-order chi connectivity index (χ1) is 9.13. The molecule has 1 N–H and O–H groups in total. The molecule has 0 radical (unpaired) electrons. The molecule has 1 unspecified atom stereocenters. The van der Waals surface area contributed by atoms with E-state index in [0.29, 0.717) is 0 Å². The average molecular weight is 262 g/mol. The number of benzene rings is 1. The summed E-state index contributed by atoms with van der Waals surface area (Å²) in [5, 5.41) is 3.32. The Hall–Kier alpha value is -1.42. The van der Waals surface area contributed by atoms with Crippen molar-refractivity contribution in [2.75, 3.05) is 26.7 Å². The van der Waals surface area contributed by atoms with Gasteiger partial charge in [0.25, 0.3) is 0 Å². The standard InChI is InChI=1S/C15H19FN2O/c1-18-10-13(11-2-4-12(16)5-3-11)15(14(18)19)6-8-17-9-7-15/h2-5,13,17H,6-10H2,1H3. The lowest BCUT2D eigenvalue weighted by molar-refractivity contribution is -0.136. The van der Waals surface area contributed by atoms with E-state index < -0.39 is 0 Å². The number of carbonyl (C=O) groups is 1. The Labute approximate surface area is 112 Å². The van der Waals surface area contributed by atoms with Crippen LogP contribution in [0.3, 0.4) is 0 Å². The van der Waals surface area contributed by atoms with Crippen LogP contribution in [0.2, 0.25) is 0 Å². The molecular weight excluding hydrogens is 243 g/mol. The Bertz CT molecular complexity index is 479. The maximum Gasteiger partial charge on any atom is 0.229 e. The topological polar surface area (TPSA) is 32.3 Å². The van der Waals surface area contributed by atoms with Crippen LogP contribution in [0.15, 0.2) is 24.3 Å². The van der Waals surface area contributed by atoms with Gasteiger partial charge in [0.05, 0.1) is 5.41 Å². The lowest BCUT2D eigenvalue weighted by Crippen LogP contribution is -2.44. The van der Waals surface area contributed by atoms with Gasteiger partial charge in [-0.15, -0.1) is 0 Å². The Morgan fingerprint density at radius 3 is 2.53 bits per heavy atom. The van der Waals surface area contributed by atoms with Crippen LogP contribution < -0.4 is 5.32 Å². The number of hydrogen-bond donors (Lipinski definition) is 1. The van der Waals surface area contributed by atoms with Crippen molar-refractivity contribution in [2.45, 2.75) is 18.8 Å². The minimum Gasteiger partial charge on any atom is -0.345 e. The van der Waals surface area contributed by atoms with E-state index in [9.17, 15) is 9.18 Å². The molecule has 0 saturated carbocycles. The highest BCUT2D eigenvalue weighted by molar-refractivity contribution is 5.86. The molecule has 2 saturated heterocycles. The van der Waals surface area contributed by atoms with E-state index in [1.807, 2.05) is 24.1 Å². The summed E-state index contributed by atoms with van der Waals surface area (Å²) in [5.74, 6) is 0.219. The Morgan fingerprint density at radius 2 is 1.89 bits per heavy atom. The van der Waals surface area contributed by atoms with Crippen LogP contribution >= 0.6 is 0 Å². The summed E-state index contributed by atoms with van der Waals surface area (Å²) in [6, 6.07) is 6.65. The van der Waals surface area contributed by atoms with Gasteiger partial charge in [-0.3, -0.25) is 4.79 Å². The fraction of sp³-hybridized carbons (Fsp3) is 0.533. The summed E-state index contributed by atoms with van der Waals surface area (Å²) < 4.78 is 13.1. The molecule has 19 heavy (non-hydrogen) atoms. The Balaban J connectivity index is 1.98. The first-order valence-electron chi connectivity index (χ1n) is 6.85. The summed E-state index contributed by atoms with van der Waals surface area (Å²) in [4.78, 5) is 14.4. The molecule has 2 aliphatic rings. The molecule has 2 aliphatic heterocycles. The maximum absolute atomic E-state index is 13.1. The molecule has 102 valence electrons. The first kappa shape index (κ1) is 12.6. The molecule has 2 fully saturated rings. The second-order valence-corrected chi connectivity index (χ2v) is 5.70.